The highest BCUT2D eigenvalue weighted by Crippen LogP contribution is 2.34. The molecule has 1 aliphatic heterocycles. The van der Waals surface area contributed by atoms with Gasteiger partial charge in [-0.2, -0.15) is 0 Å². The Morgan fingerprint density at radius 2 is 2.17 bits per heavy atom. The lowest BCUT2D eigenvalue weighted by Gasteiger charge is -2.35. The van der Waals surface area contributed by atoms with Gasteiger partial charge in [0, 0.05) is 24.3 Å². The fraction of sp³-hybridized carbons (Fsp3) is 0.529. The van der Waals surface area contributed by atoms with Crippen molar-refractivity contribution in [1.29, 1.82) is 0 Å². The second-order valence-electron chi connectivity index (χ2n) is 6.85. The number of carbonyl (C=O) groups is 1. The Kier molecular flexibility index (Phi) is 4.80. The van der Waals surface area contributed by atoms with Crippen molar-refractivity contribution in [2.45, 2.75) is 51.7 Å². The smallest absolute Gasteiger partial charge is 0.410 e. The zero-order valence-electron chi connectivity index (χ0n) is 14.2. The fourth-order valence-electron chi connectivity index (χ4n) is 2.74. The van der Waals surface area contributed by atoms with E-state index in [1.54, 1.807) is 18.6 Å². The Balaban J connectivity index is 1.81. The molecule has 0 saturated carbocycles. The molecule has 6 nitrogen and oxygen atoms in total. The van der Waals surface area contributed by atoms with E-state index in [2.05, 4.69) is 9.97 Å². The van der Waals surface area contributed by atoms with E-state index in [9.17, 15) is 4.79 Å². The van der Waals surface area contributed by atoms with E-state index in [4.69, 9.17) is 9.72 Å². The van der Waals surface area contributed by atoms with Gasteiger partial charge in [-0.15, -0.1) is 11.3 Å². The van der Waals surface area contributed by atoms with E-state index >= 15 is 0 Å². The van der Waals surface area contributed by atoms with Crippen LogP contribution in [0, 0.1) is 0 Å². The van der Waals surface area contributed by atoms with Crippen molar-refractivity contribution in [2.24, 2.45) is 0 Å². The zero-order valence-corrected chi connectivity index (χ0v) is 15.0. The van der Waals surface area contributed by atoms with Gasteiger partial charge in [0.15, 0.2) is 0 Å². The molecule has 0 aliphatic carbocycles. The van der Waals surface area contributed by atoms with Crippen molar-refractivity contribution in [3.63, 3.8) is 0 Å². The van der Waals surface area contributed by atoms with Gasteiger partial charge < -0.3 is 4.74 Å². The molecule has 2 aromatic heterocycles. The summed E-state index contributed by atoms with van der Waals surface area (Å²) in [5.41, 5.74) is 1.17. The topological polar surface area (TPSA) is 68.2 Å². The van der Waals surface area contributed by atoms with Crippen LogP contribution in [0.5, 0.6) is 0 Å². The fourth-order valence-corrected chi connectivity index (χ4v) is 3.57. The Morgan fingerprint density at radius 3 is 2.88 bits per heavy atom. The SMILES string of the molecule is CC(C)(C)OC(=O)N1CCCCC1c1csc(-c2cnccn2)n1. The van der Waals surface area contributed by atoms with Crippen molar-refractivity contribution >= 4 is 17.4 Å². The van der Waals surface area contributed by atoms with Gasteiger partial charge in [-0.1, -0.05) is 0 Å². The maximum atomic E-state index is 12.5. The van der Waals surface area contributed by atoms with Gasteiger partial charge >= 0.3 is 6.09 Å². The van der Waals surface area contributed by atoms with Crippen LogP contribution in [0.1, 0.15) is 51.8 Å². The molecule has 1 amide bonds. The molecule has 7 heteroatoms. The van der Waals surface area contributed by atoms with E-state index in [1.807, 2.05) is 31.1 Å². The van der Waals surface area contributed by atoms with E-state index < -0.39 is 5.60 Å². The monoisotopic (exact) mass is 346 g/mol. The third-order valence-electron chi connectivity index (χ3n) is 3.78. The molecule has 0 N–H and O–H groups in total. The van der Waals surface area contributed by atoms with Crippen LogP contribution < -0.4 is 0 Å². The summed E-state index contributed by atoms with van der Waals surface area (Å²) in [5.74, 6) is 0. The third-order valence-corrected chi connectivity index (χ3v) is 4.66. The first-order valence-corrected chi connectivity index (χ1v) is 9.03. The number of carbonyl (C=O) groups excluding carboxylic acids is 1. The standard InChI is InChI=1S/C17H22N4O2S/c1-17(2,3)23-16(22)21-9-5-4-6-14(21)13-11-24-15(20-13)12-10-18-7-8-19-12/h7-8,10-11,14H,4-6,9H2,1-3H3. The zero-order chi connectivity index (χ0) is 17.2. The van der Waals surface area contributed by atoms with Crippen molar-refractivity contribution < 1.29 is 9.53 Å². The normalized spacial score (nSPS) is 18.5. The second kappa shape index (κ2) is 6.84. The minimum atomic E-state index is -0.494. The lowest BCUT2D eigenvalue weighted by Crippen LogP contribution is -2.42. The Hall–Kier alpha value is -2.02. The van der Waals surface area contributed by atoms with Gasteiger partial charge in [-0.05, 0) is 40.0 Å². The van der Waals surface area contributed by atoms with Crippen LogP contribution in [0.15, 0.2) is 24.0 Å². The first-order chi connectivity index (χ1) is 11.4. The van der Waals surface area contributed by atoms with Crippen LogP contribution >= 0.6 is 11.3 Å². The van der Waals surface area contributed by atoms with Crippen molar-refractivity contribution in [2.75, 3.05) is 6.54 Å². The van der Waals surface area contributed by atoms with E-state index in [0.717, 1.165) is 35.7 Å². The summed E-state index contributed by atoms with van der Waals surface area (Å²) in [6, 6.07) is -0.0322. The number of amides is 1. The van der Waals surface area contributed by atoms with Crippen LogP contribution in [-0.4, -0.2) is 38.1 Å². The number of hydrogen-bond donors (Lipinski definition) is 0. The van der Waals surface area contributed by atoms with Crippen LogP contribution in [0.2, 0.25) is 0 Å². The first kappa shape index (κ1) is 16.8. The minimum Gasteiger partial charge on any atom is -0.444 e. The summed E-state index contributed by atoms with van der Waals surface area (Å²) >= 11 is 1.53. The van der Waals surface area contributed by atoms with Gasteiger partial charge in [0.25, 0.3) is 0 Å². The van der Waals surface area contributed by atoms with E-state index in [-0.39, 0.29) is 12.1 Å². The molecule has 24 heavy (non-hydrogen) atoms. The summed E-state index contributed by atoms with van der Waals surface area (Å²) in [4.78, 5) is 27.4. The van der Waals surface area contributed by atoms with Crippen LogP contribution in [0.3, 0.4) is 0 Å². The molecule has 1 saturated heterocycles. The molecule has 1 fully saturated rings. The molecule has 1 aliphatic rings. The predicted octanol–water partition coefficient (Wildman–Crippen LogP) is 4.06. The van der Waals surface area contributed by atoms with Crippen molar-refractivity contribution in [3.8, 4) is 10.7 Å². The van der Waals surface area contributed by atoms with E-state index in [1.165, 1.54) is 11.3 Å². The molecule has 0 radical (unpaired) electrons. The average molecular weight is 346 g/mol. The molecule has 2 aromatic rings. The van der Waals surface area contributed by atoms with Crippen molar-refractivity contribution in [1.82, 2.24) is 19.9 Å². The largest absolute Gasteiger partial charge is 0.444 e. The number of piperidine rings is 1. The number of rotatable bonds is 2. The van der Waals surface area contributed by atoms with Gasteiger partial charge in [-0.3, -0.25) is 14.9 Å². The lowest BCUT2D eigenvalue weighted by molar-refractivity contribution is 0.00908. The summed E-state index contributed by atoms with van der Waals surface area (Å²) in [7, 11) is 0. The number of ether oxygens (including phenoxy) is 1. The Bertz CT molecular complexity index is 696. The number of aromatic nitrogens is 3. The van der Waals surface area contributed by atoms with Crippen molar-refractivity contribution in [3.05, 3.63) is 29.7 Å². The Labute approximate surface area is 145 Å². The van der Waals surface area contributed by atoms with Gasteiger partial charge in [0.05, 0.1) is 17.9 Å². The van der Waals surface area contributed by atoms with Crippen LogP contribution in [0.4, 0.5) is 4.79 Å². The maximum absolute atomic E-state index is 12.5. The second-order valence-corrected chi connectivity index (χ2v) is 7.71. The molecule has 128 valence electrons. The molecular weight excluding hydrogens is 324 g/mol. The molecule has 3 heterocycles. The molecule has 3 rings (SSSR count). The highest BCUT2D eigenvalue weighted by molar-refractivity contribution is 7.13. The molecule has 0 aromatic carbocycles. The van der Waals surface area contributed by atoms with Gasteiger partial charge in [0.2, 0.25) is 0 Å². The van der Waals surface area contributed by atoms with E-state index in [0.29, 0.717) is 6.54 Å². The number of thiazole rings is 1. The molecule has 0 spiro atoms. The molecular formula is C17H22N4O2S. The van der Waals surface area contributed by atoms with Gasteiger partial charge in [-0.25, -0.2) is 9.78 Å². The van der Waals surface area contributed by atoms with Crippen LogP contribution in [-0.2, 0) is 4.74 Å². The summed E-state index contributed by atoms with van der Waals surface area (Å²) in [6.45, 7) is 6.37. The number of hydrogen-bond acceptors (Lipinski definition) is 6. The summed E-state index contributed by atoms with van der Waals surface area (Å²) < 4.78 is 5.56. The summed E-state index contributed by atoms with van der Waals surface area (Å²) in [5, 5.41) is 2.84. The third kappa shape index (κ3) is 3.90. The quantitative estimate of drug-likeness (QED) is 0.820. The molecule has 1 atom stereocenters. The highest BCUT2D eigenvalue weighted by atomic mass is 32.1. The molecule has 0 bridgehead atoms. The number of nitrogens with zero attached hydrogens (tertiary/aromatic N) is 4. The predicted molar refractivity (Wildman–Crippen MR) is 92.7 cm³/mol. The first-order valence-electron chi connectivity index (χ1n) is 8.15. The average Bonchev–Trinajstić information content (AvgIpc) is 3.04. The van der Waals surface area contributed by atoms with Gasteiger partial charge in [0.1, 0.15) is 16.3 Å². The maximum Gasteiger partial charge on any atom is 0.410 e. The summed E-state index contributed by atoms with van der Waals surface area (Å²) in [6.07, 6.45) is 7.73. The number of likely N-dealkylation sites (tertiary alicyclic amines) is 1. The Morgan fingerprint density at radius 1 is 1.33 bits per heavy atom. The highest BCUT2D eigenvalue weighted by Gasteiger charge is 2.32. The molecule has 1 unspecified atom stereocenters. The lowest BCUT2D eigenvalue weighted by atomic mass is 10.0. The van der Waals surface area contributed by atoms with Crippen LogP contribution in [0.25, 0.3) is 10.7 Å². The minimum absolute atomic E-state index is 0.0322.